The topological polar surface area (TPSA) is 33.2 Å². The smallest absolute Gasteiger partial charge is 0.226 e. The quantitative estimate of drug-likeness (QED) is 0.758. The number of hydrogen-bond donors (Lipinski definition) is 0. The number of carbonyl (C=O) groups excluding carboxylic acids is 1. The van der Waals surface area contributed by atoms with E-state index in [0.717, 1.165) is 24.3 Å². The Morgan fingerprint density at radius 2 is 2.13 bits per heavy atom. The Morgan fingerprint density at radius 1 is 1.40 bits per heavy atom. The third kappa shape index (κ3) is 3.05. The third-order valence-corrected chi connectivity index (χ3v) is 2.26. The molecule has 1 aromatic heterocycles. The van der Waals surface area contributed by atoms with Gasteiger partial charge in [-0.25, -0.2) is 0 Å². The summed E-state index contributed by atoms with van der Waals surface area (Å²) in [5, 5.41) is 0. The minimum Gasteiger partial charge on any atom is -0.311 e. The van der Waals surface area contributed by atoms with Crippen LogP contribution in [0.4, 0.5) is 5.69 Å². The number of hydrogen-bond acceptors (Lipinski definition) is 2. The first-order chi connectivity index (χ1) is 7.19. The average molecular weight is 206 g/mol. The van der Waals surface area contributed by atoms with Crippen LogP contribution in [0.25, 0.3) is 0 Å². The molecule has 3 heteroatoms. The lowest BCUT2D eigenvalue weighted by atomic mass is 10.2. The second-order valence-corrected chi connectivity index (χ2v) is 3.56. The van der Waals surface area contributed by atoms with E-state index in [1.54, 1.807) is 11.1 Å². The maximum absolute atomic E-state index is 11.7. The molecule has 0 bridgehead atoms. The molecule has 0 saturated carbocycles. The summed E-state index contributed by atoms with van der Waals surface area (Å²) in [6, 6.07) is 3.88. The molecule has 0 saturated heterocycles. The Morgan fingerprint density at radius 3 is 2.60 bits per heavy atom. The number of aromatic nitrogens is 1. The highest BCUT2D eigenvalue weighted by Gasteiger charge is 2.12. The van der Waals surface area contributed by atoms with E-state index in [0.29, 0.717) is 6.42 Å². The first-order valence-corrected chi connectivity index (χ1v) is 5.42. The van der Waals surface area contributed by atoms with Crippen LogP contribution in [0.2, 0.25) is 0 Å². The van der Waals surface area contributed by atoms with Gasteiger partial charge in [-0.3, -0.25) is 9.78 Å². The van der Waals surface area contributed by atoms with Gasteiger partial charge in [-0.1, -0.05) is 13.8 Å². The summed E-state index contributed by atoms with van der Waals surface area (Å²) in [5.74, 6) is 0.155. The van der Waals surface area contributed by atoms with E-state index in [2.05, 4.69) is 11.9 Å². The molecule has 0 atom stereocenters. The number of aryl methyl sites for hydroxylation is 1. The molecule has 0 aliphatic carbocycles. The van der Waals surface area contributed by atoms with Gasteiger partial charge < -0.3 is 4.90 Å². The van der Waals surface area contributed by atoms with E-state index in [1.165, 1.54) is 0 Å². The third-order valence-electron chi connectivity index (χ3n) is 2.26. The molecule has 1 heterocycles. The highest BCUT2D eigenvalue weighted by atomic mass is 16.2. The van der Waals surface area contributed by atoms with E-state index in [1.807, 2.05) is 26.0 Å². The maximum atomic E-state index is 11.7. The molecule has 1 aromatic rings. The summed E-state index contributed by atoms with van der Waals surface area (Å²) in [6.07, 6.45) is 3.26. The van der Waals surface area contributed by atoms with Crippen LogP contribution < -0.4 is 4.90 Å². The standard InChI is InChI=1S/C12H18N2O/c1-4-8-14(12(15)5-2)11-7-6-10(3)13-9-11/h6-7,9H,4-5,8H2,1-3H3. The van der Waals surface area contributed by atoms with Crippen molar-refractivity contribution in [1.82, 2.24) is 4.98 Å². The van der Waals surface area contributed by atoms with Gasteiger partial charge in [0, 0.05) is 18.7 Å². The van der Waals surface area contributed by atoms with Crippen LogP contribution in [0.3, 0.4) is 0 Å². The minimum atomic E-state index is 0.155. The minimum absolute atomic E-state index is 0.155. The van der Waals surface area contributed by atoms with Gasteiger partial charge in [-0.05, 0) is 25.5 Å². The van der Waals surface area contributed by atoms with Crippen molar-refractivity contribution in [2.24, 2.45) is 0 Å². The summed E-state index contributed by atoms with van der Waals surface area (Å²) in [6.45, 7) is 6.65. The number of nitrogens with zero attached hydrogens (tertiary/aromatic N) is 2. The highest BCUT2D eigenvalue weighted by Crippen LogP contribution is 2.14. The molecule has 0 radical (unpaired) electrons. The van der Waals surface area contributed by atoms with Gasteiger partial charge in [0.05, 0.1) is 11.9 Å². The van der Waals surface area contributed by atoms with Gasteiger partial charge in [-0.2, -0.15) is 0 Å². The first kappa shape index (κ1) is 11.7. The van der Waals surface area contributed by atoms with Gasteiger partial charge in [0.25, 0.3) is 0 Å². The van der Waals surface area contributed by atoms with Crippen molar-refractivity contribution in [2.75, 3.05) is 11.4 Å². The van der Waals surface area contributed by atoms with Crippen molar-refractivity contribution in [2.45, 2.75) is 33.6 Å². The molecule has 0 unspecified atom stereocenters. The second kappa shape index (κ2) is 5.49. The first-order valence-electron chi connectivity index (χ1n) is 5.42. The van der Waals surface area contributed by atoms with E-state index in [-0.39, 0.29) is 5.91 Å². The van der Waals surface area contributed by atoms with Gasteiger partial charge >= 0.3 is 0 Å². The van der Waals surface area contributed by atoms with Gasteiger partial charge in [-0.15, -0.1) is 0 Å². The maximum Gasteiger partial charge on any atom is 0.226 e. The van der Waals surface area contributed by atoms with E-state index in [9.17, 15) is 4.79 Å². The number of amides is 1. The molecule has 3 nitrogen and oxygen atoms in total. The van der Waals surface area contributed by atoms with E-state index < -0.39 is 0 Å². The zero-order valence-corrected chi connectivity index (χ0v) is 9.66. The Kier molecular flexibility index (Phi) is 4.28. The fourth-order valence-corrected chi connectivity index (χ4v) is 1.43. The number of rotatable bonds is 4. The van der Waals surface area contributed by atoms with Crippen LogP contribution in [-0.4, -0.2) is 17.4 Å². The zero-order valence-electron chi connectivity index (χ0n) is 9.66. The average Bonchev–Trinajstić information content (AvgIpc) is 2.26. The molecule has 82 valence electrons. The number of anilines is 1. The summed E-state index contributed by atoms with van der Waals surface area (Å²) in [5.41, 5.74) is 1.87. The second-order valence-electron chi connectivity index (χ2n) is 3.56. The summed E-state index contributed by atoms with van der Waals surface area (Å²) < 4.78 is 0. The summed E-state index contributed by atoms with van der Waals surface area (Å²) in [4.78, 5) is 17.7. The van der Waals surface area contributed by atoms with Crippen LogP contribution >= 0.6 is 0 Å². The van der Waals surface area contributed by atoms with E-state index >= 15 is 0 Å². The predicted octanol–water partition coefficient (Wildman–Crippen LogP) is 2.54. The fourth-order valence-electron chi connectivity index (χ4n) is 1.43. The highest BCUT2D eigenvalue weighted by molar-refractivity contribution is 5.92. The molecule has 0 fully saturated rings. The molecule has 0 aromatic carbocycles. The Bertz CT molecular complexity index is 319. The molecular weight excluding hydrogens is 188 g/mol. The molecule has 0 aliphatic rings. The van der Waals surface area contributed by atoms with Gasteiger partial charge in [0.2, 0.25) is 5.91 Å². The lowest BCUT2D eigenvalue weighted by Gasteiger charge is -2.21. The lowest BCUT2D eigenvalue weighted by Crippen LogP contribution is -2.30. The lowest BCUT2D eigenvalue weighted by molar-refractivity contribution is -0.118. The molecule has 0 aliphatic heterocycles. The molecular formula is C12H18N2O. The van der Waals surface area contributed by atoms with E-state index in [4.69, 9.17) is 0 Å². The summed E-state index contributed by atoms with van der Waals surface area (Å²) in [7, 11) is 0. The van der Waals surface area contributed by atoms with Crippen molar-refractivity contribution < 1.29 is 4.79 Å². The van der Waals surface area contributed by atoms with Crippen LogP contribution in [0.5, 0.6) is 0 Å². The largest absolute Gasteiger partial charge is 0.311 e. The predicted molar refractivity (Wildman–Crippen MR) is 61.9 cm³/mol. The van der Waals surface area contributed by atoms with Crippen molar-refractivity contribution in [1.29, 1.82) is 0 Å². The van der Waals surface area contributed by atoms with Crippen LogP contribution in [-0.2, 0) is 4.79 Å². The molecule has 0 N–H and O–H groups in total. The van der Waals surface area contributed by atoms with Crippen molar-refractivity contribution >= 4 is 11.6 Å². The summed E-state index contributed by atoms with van der Waals surface area (Å²) >= 11 is 0. The SMILES string of the molecule is CCCN(C(=O)CC)c1ccc(C)nc1. The van der Waals surface area contributed by atoms with Crippen molar-refractivity contribution in [3.63, 3.8) is 0 Å². The normalized spacial score (nSPS) is 10.1. The van der Waals surface area contributed by atoms with Crippen LogP contribution in [0.15, 0.2) is 18.3 Å². The number of pyridine rings is 1. The Labute approximate surface area is 91.1 Å². The number of carbonyl (C=O) groups is 1. The van der Waals surface area contributed by atoms with Crippen LogP contribution in [0, 0.1) is 6.92 Å². The van der Waals surface area contributed by atoms with Crippen molar-refractivity contribution in [3.05, 3.63) is 24.0 Å². The molecule has 0 spiro atoms. The van der Waals surface area contributed by atoms with Crippen molar-refractivity contribution in [3.8, 4) is 0 Å². The van der Waals surface area contributed by atoms with Gasteiger partial charge in [0.1, 0.15) is 0 Å². The molecule has 15 heavy (non-hydrogen) atoms. The fraction of sp³-hybridized carbons (Fsp3) is 0.500. The van der Waals surface area contributed by atoms with Gasteiger partial charge in [0.15, 0.2) is 0 Å². The molecule has 1 amide bonds. The Balaban J connectivity index is 2.88. The zero-order chi connectivity index (χ0) is 11.3. The van der Waals surface area contributed by atoms with Crippen LogP contribution in [0.1, 0.15) is 32.4 Å². The monoisotopic (exact) mass is 206 g/mol. The Hall–Kier alpha value is -1.38. The molecule has 1 rings (SSSR count).